The average Bonchev–Trinajstić information content (AvgIpc) is 3.34. The number of nitrogens with one attached hydrogen (secondary N) is 1. The number of hydrogen-bond donors (Lipinski definition) is 2. The molecule has 4 rings (SSSR count). The quantitative estimate of drug-likeness (QED) is 0.705. The van der Waals surface area contributed by atoms with Crippen LogP contribution in [0.2, 0.25) is 5.02 Å². The molecule has 172 valence electrons. The number of likely N-dealkylation sites (tertiary alicyclic amines) is 1. The number of amides is 1. The number of fused-ring (bicyclic) bond motifs is 1. The van der Waals surface area contributed by atoms with Gasteiger partial charge in [0.25, 0.3) is 5.91 Å². The van der Waals surface area contributed by atoms with Crippen molar-refractivity contribution < 1.29 is 32.6 Å². The maximum atomic E-state index is 12.7. The predicted octanol–water partition coefficient (Wildman–Crippen LogP) is 2.96. The Labute approximate surface area is 186 Å². The summed E-state index contributed by atoms with van der Waals surface area (Å²) in [5.41, 5.74) is 0.664. The first-order valence-electron chi connectivity index (χ1n) is 9.62. The summed E-state index contributed by atoms with van der Waals surface area (Å²) in [6.07, 6.45) is -1.55. The van der Waals surface area contributed by atoms with Gasteiger partial charge in [-0.15, -0.1) is 0 Å². The Morgan fingerprint density at radius 2 is 1.81 bits per heavy atom. The molecule has 0 spiro atoms. The molecule has 0 radical (unpaired) electrons. The van der Waals surface area contributed by atoms with Crippen LogP contribution < -0.4 is 5.32 Å². The molecule has 2 N–H and O–H groups in total. The van der Waals surface area contributed by atoms with Gasteiger partial charge in [0, 0.05) is 54.4 Å². The summed E-state index contributed by atoms with van der Waals surface area (Å²) >= 11 is 5.90. The van der Waals surface area contributed by atoms with Gasteiger partial charge in [-0.2, -0.15) is 13.2 Å². The van der Waals surface area contributed by atoms with E-state index in [9.17, 15) is 18.0 Å². The molecule has 2 aromatic rings. The fourth-order valence-electron chi connectivity index (χ4n) is 3.56. The van der Waals surface area contributed by atoms with Crippen LogP contribution in [0.4, 0.5) is 19.1 Å². The number of hydrogen-bond acceptors (Lipinski definition) is 6. The summed E-state index contributed by atoms with van der Waals surface area (Å²) in [5.74, 6) is -1.41. The molecular formula is C20H20ClF3N4O4. The lowest BCUT2D eigenvalue weighted by Gasteiger charge is -2.20. The first-order valence-corrected chi connectivity index (χ1v) is 10.0. The number of nitrogens with zero attached hydrogens (tertiary/aromatic N) is 3. The molecule has 0 unspecified atom stereocenters. The van der Waals surface area contributed by atoms with Gasteiger partial charge in [0.15, 0.2) is 0 Å². The molecule has 2 fully saturated rings. The van der Waals surface area contributed by atoms with E-state index in [0.29, 0.717) is 48.1 Å². The molecule has 0 saturated carbocycles. The van der Waals surface area contributed by atoms with Crippen LogP contribution in [0, 0.1) is 11.8 Å². The Morgan fingerprint density at radius 3 is 2.41 bits per heavy atom. The van der Waals surface area contributed by atoms with Gasteiger partial charge in [-0.1, -0.05) is 11.6 Å². The minimum atomic E-state index is -5.08. The number of halogens is 4. The normalized spacial score (nSPS) is 22.0. The van der Waals surface area contributed by atoms with E-state index in [4.69, 9.17) is 26.2 Å². The van der Waals surface area contributed by atoms with Gasteiger partial charge in [0.2, 0.25) is 5.95 Å². The number of benzene rings is 1. The highest BCUT2D eigenvalue weighted by molar-refractivity contribution is 6.30. The van der Waals surface area contributed by atoms with Crippen LogP contribution in [0.1, 0.15) is 10.4 Å². The topological polar surface area (TPSA) is 105 Å². The zero-order valence-corrected chi connectivity index (χ0v) is 17.4. The summed E-state index contributed by atoms with van der Waals surface area (Å²) in [6.45, 7) is 2.81. The average molecular weight is 473 g/mol. The number of alkyl halides is 3. The summed E-state index contributed by atoms with van der Waals surface area (Å²) in [5, 5.41) is 11.0. The number of anilines is 1. The van der Waals surface area contributed by atoms with Gasteiger partial charge in [0.05, 0.1) is 12.7 Å². The Balaban J connectivity index is 0.000000360. The molecule has 2 saturated heterocycles. The molecular weight excluding hydrogens is 453 g/mol. The number of ether oxygens (including phenoxy) is 1. The molecule has 1 aromatic heterocycles. The third kappa shape index (κ3) is 6.07. The van der Waals surface area contributed by atoms with Crippen molar-refractivity contribution in [2.45, 2.75) is 12.3 Å². The predicted molar refractivity (Wildman–Crippen MR) is 108 cm³/mol. The van der Waals surface area contributed by atoms with Crippen LogP contribution >= 0.6 is 11.6 Å². The fourth-order valence-corrected chi connectivity index (χ4v) is 3.69. The Morgan fingerprint density at radius 1 is 1.19 bits per heavy atom. The Bertz CT molecular complexity index is 931. The lowest BCUT2D eigenvalue weighted by atomic mass is 9.93. The van der Waals surface area contributed by atoms with Crippen molar-refractivity contribution in [3.05, 3.63) is 53.3 Å². The maximum Gasteiger partial charge on any atom is 0.490 e. The van der Waals surface area contributed by atoms with Gasteiger partial charge in [-0.25, -0.2) is 14.8 Å². The molecule has 3 heterocycles. The lowest BCUT2D eigenvalue weighted by molar-refractivity contribution is -0.192. The monoisotopic (exact) mass is 472 g/mol. The van der Waals surface area contributed by atoms with Crippen LogP contribution in [0.5, 0.6) is 0 Å². The summed E-state index contributed by atoms with van der Waals surface area (Å²) < 4.78 is 37.7. The third-order valence-corrected chi connectivity index (χ3v) is 5.40. The molecule has 12 heteroatoms. The zero-order chi connectivity index (χ0) is 23.3. The van der Waals surface area contributed by atoms with Gasteiger partial charge in [-0.3, -0.25) is 4.79 Å². The van der Waals surface area contributed by atoms with Crippen molar-refractivity contribution >= 4 is 29.4 Å². The second-order valence-corrected chi connectivity index (χ2v) is 7.71. The standard InChI is InChI=1S/C18H19ClN4O2.C2HF3O2/c19-14-4-2-12(3-5-14)17(24)23-9-15-13(11-25-16(15)10-23)8-22-18-20-6-1-7-21-18;3-2(4,5)1(6)7/h1-7,13,15-16H,8-11H2,(H,20,21,22);(H,6,7)/t13-,15+,16+;/m0./s1. The van der Waals surface area contributed by atoms with Crippen LogP contribution in [-0.4, -0.2) is 70.4 Å². The van der Waals surface area contributed by atoms with E-state index in [2.05, 4.69) is 15.3 Å². The van der Waals surface area contributed by atoms with Gasteiger partial charge in [0.1, 0.15) is 0 Å². The van der Waals surface area contributed by atoms with E-state index in [-0.39, 0.29) is 12.0 Å². The molecule has 1 aromatic carbocycles. The van der Waals surface area contributed by atoms with E-state index in [0.717, 1.165) is 6.54 Å². The van der Waals surface area contributed by atoms with Crippen LogP contribution in [0.25, 0.3) is 0 Å². The van der Waals surface area contributed by atoms with Gasteiger partial charge in [-0.05, 0) is 30.3 Å². The number of carbonyl (C=O) groups is 2. The van der Waals surface area contributed by atoms with Crippen LogP contribution in [0.15, 0.2) is 42.7 Å². The summed E-state index contributed by atoms with van der Waals surface area (Å²) in [6, 6.07) is 8.82. The largest absolute Gasteiger partial charge is 0.490 e. The van der Waals surface area contributed by atoms with E-state index in [1.807, 2.05) is 4.90 Å². The minimum Gasteiger partial charge on any atom is -0.475 e. The number of carboxylic acids is 1. The molecule has 32 heavy (non-hydrogen) atoms. The number of carbonyl (C=O) groups excluding carboxylic acids is 1. The number of aromatic nitrogens is 2. The molecule has 1 amide bonds. The molecule has 8 nitrogen and oxygen atoms in total. The van der Waals surface area contributed by atoms with Crippen molar-refractivity contribution in [2.24, 2.45) is 11.8 Å². The minimum absolute atomic E-state index is 0.0350. The Hall–Kier alpha value is -2.92. The van der Waals surface area contributed by atoms with Gasteiger partial charge < -0.3 is 20.1 Å². The van der Waals surface area contributed by atoms with E-state index in [1.165, 1.54) is 0 Å². The van der Waals surface area contributed by atoms with Crippen molar-refractivity contribution in [1.82, 2.24) is 14.9 Å². The van der Waals surface area contributed by atoms with Gasteiger partial charge >= 0.3 is 12.1 Å². The molecule has 2 aliphatic rings. The number of rotatable bonds is 4. The summed E-state index contributed by atoms with van der Waals surface area (Å²) in [7, 11) is 0. The molecule has 2 aliphatic heterocycles. The second kappa shape index (κ2) is 10.1. The van der Waals surface area contributed by atoms with Crippen LogP contribution in [0.3, 0.4) is 0 Å². The van der Waals surface area contributed by atoms with Crippen molar-refractivity contribution in [3.63, 3.8) is 0 Å². The third-order valence-electron chi connectivity index (χ3n) is 5.15. The van der Waals surface area contributed by atoms with Crippen LogP contribution in [-0.2, 0) is 9.53 Å². The molecule has 3 atom stereocenters. The Kier molecular flexibility index (Phi) is 7.52. The van der Waals surface area contributed by atoms with Crippen molar-refractivity contribution in [2.75, 3.05) is 31.6 Å². The number of carboxylic acid groups (broad SMARTS) is 1. The second-order valence-electron chi connectivity index (χ2n) is 7.27. The molecule has 0 aliphatic carbocycles. The smallest absolute Gasteiger partial charge is 0.475 e. The summed E-state index contributed by atoms with van der Waals surface area (Å²) in [4.78, 5) is 31.8. The maximum absolute atomic E-state index is 12.7. The van der Waals surface area contributed by atoms with E-state index in [1.54, 1.807) is 42.7 Å². The number of aliphatic carboxylic acids is 1. The van der Waals surface area contributed by atoms with E-state index < -0.39 is 12.1 Å². The van der Waals surface area contributed by atoms with Crippen molar-refractivity contribution in [3.8, 4) is 0 Å². The highest BCUT2D eigenvalue weighted by Gasteiger charge is 2.45. The zero-order valence-electron chi connectivity index (χ0n) is 16.6. The first-order chi connectivity index (χ1) is 15.1. The first kappa shape index (κ1) is 23.7. The lowest BCUT2D eigenvalue weighted by Crippen LogP contribution is -2.32. The fraction of sp³-hybridized carbons (Fsp3) is 0.400. The SMILES string of the molecule is O=C(O)C(F)(F)F.O=C(c1ccc(Cl)cc1)N1C[C@@H]2[C@@H](CNc3ncccn3)CO[C@@H]2C1. The molecule has 0 bridgehead atoms. The van der Waals surface area contributed by atoms with Crippen molar-refractivity contribution in [1.29, 1.82) is 0 Å². The van der Waals surface area contributed by atoms with E-state index >= 15 is 0 Å². The highest BCUT2D eigenvalue weighted by Crippen LogP contribution is 2.34. The highest BCUT2D eigenvalue weighted by atomic mass is 35.5.